The summed E-state index contributed by atoms with van der Waals surface area (Å²) in [6.07, 6.45) is 7.33. The first-order chi connectivity index (χ1) is 7.74. The number of hydrogen-bond donors (Lipinski definition) is 1. The minimum absolute atomic E-state index is 0.630. The van der Waals surface area contributed by atoms with Crippen LogP contribution in [0.5, 0.6) is 0 Å². The van der Waals surface area contributed by atoms with Crippen LogP contribution >= 0.6 is 0 Å². The van der Waals surface area contributed by atoms with Crippen LogP contribution in [0.4, 0.5) is 0 Å². The number of likely N-dealkylation sites (tertiary alicyclic amines) is 1. The fourth-order valence-electron chi connectivity index (χ4n) is 3.73. The SMILES string of the molecule is CCNC(C)C(C)N1CCC2CCCCC21. The van der Waals surface area contributed by atoms with Gasteiger partial charge in [0, 0.05) is 18.1 Å². The second kappa shape index (κ2) is 5.50. The minimum Gasteiger partial charge on any atom is -0.313 e. The third-order valence-electron chi connectivity index (χ3n) is 4.83. The van der Waals surface area contributed by atoms with Crippen LogP contribution in [-0.4, -0.2) is 36.1 Å². The first kappa shape index (κ1) is 12.4. The predicted molar refractivity (Wildman–Crippen MR) is 69.7 cm³/mol. The van der Waals surface area contributed by atoms with Crippen molar-refractivity contribution in [2.45, 2.75) is 71.0 Å². The number of rotatable bonds is 4. The van der Waals surface area contributed by atoms with E-state index in [1.807, 2.05) is 0 Å². The lowest BCUT2D eigenvalue weighted by Gasteiger charge is -2.38. The van der Waals surface area contributed by atoms with Gasteiger partial charge in [0.05, 0.1) is 0 Å². The second-order valence-corrected chi connectivity index (χ2v) is 5.73. The van der Waals surface area contributed by atoms with Crippen molar-refractivity contribution in [2.75, 3.05) is 13.1 Å². The van der Waals surface area contributed by atoms with Crippen LogP contribution in [0.25, 0.3) is 0 Å². The zero-order valence-electron chi connectivity index (χ0n) is 11.2. The van der Waals surface area contributed by atoms with Gasteiger partial charge >= 0.3 is 0 Å². The Kier molecular flexibility index (Phi) is 4.26. The van der Waals surface area contributed by atoms with Crippen molar-refractivity contribution in [1.29, 1.82) is 0 Å². The smallest absolute Gasteiger partial charge is 0.0221 e. The molecule has 2 heteroatoms. The van der Waals surface area contributed by atoms with Crippen LogP contribution < -0.4 is 5.32 Å². The predicted octanol–water partition coefficient (Wildman–Crippen LogP) is 2.64. The maximum atomic E-state index is 3.58. The average molecular weight is 224 g/mol. The summed E-state index contributed by atoms with van der Waals surface area (Å²) in [6.45, 7) is 9.38. The molecule has 2 aliphatic rings. The minimum atomic E-state index is 0.630. The molecule has 2 rings (SSSR count). The van der Waals surface area contributed by atoms with E-state index in [0.29, 0.717) is 12.1 Å². The van der Waals surface area contributed by atoms with Crippen molar-refractivity contribution in [3.8, 4) is 0 Å². The second-order valence-electron chi connectivity index (χ2n) is 5.73. The van der Waals surface area contributed by atoms with Crippen molar-refractivity contribution < 1.29 is 0 Å². The molecule has 2 nitrogen and oxygen atoms in total. The normalized spacial score (nSPS) is 34.7. The van der Waals surface area contributed by atoms with Gasteiger partial charge in [0.15, 0.2) is 0 Å². The van der Waals surface area contributed by atoms with Crippen molar-refractivity contribution >= 4 is 0 Å². The zero-order valence-corrected chi connectivity index (χ0v) is 11.2. The van der Waals surface area contributed by atoms with Crippen LogP contribution in [0.15, 0.2) is 0 Å². The Hall–Kier alpha value is -0.0800. The molecule has 2 fully saturated rings. The number of fused-ring (bicyclic) bond motifs is 1. The van der Waals surface area contributed by atoms with E-state index in [-0.39, 0.29) is 0 Å². The first-order valence-electron chi connectivity index (χ1n) is 7.23. The first-order valence-corrected chi connectivity index (χ1v) is 7.23. The molecule has 4 atom stereocenters. The van der Waals surface area contributed by atoms with Crippen LogP contribution in [-0.2, 0) is 0 Å². The molecule has 1 aliphatic carbocycles. The number of nitrogens with one attached hydrogen (secondary N) is 1. The molecule has 0 amide bonds. The fourth-order valence-corrected chi connectivity index (χ4v) is 3.73. The lowest BCUT2D eigenvalue weighted by atomic mass is 9.85. The van der Waals surface area contributed by atoms with E-state index in [4.69, 9.17) is 0 Å². The van der Waals surface area contributed by atoms with Gasteiger partial charge in [-0.05, 0) is 52.1 Å². The lowest BCUT2D eigenvalue weighted by molar-refractivity contribution is 0.120. The van der Waals surface area contributed by atoms with E-state index in [1.54, 1.807) is 0 Å². The number of hydrogen-bond acceptors (Lipinski definition) is 2. The summed E-state index contributed by atoms with van der Waals surface area (Å²) in [5.41, 5.74) is 0. The molecule has 0 aromatic carbocycles. The maximum Gasteiger partial charge on any atom is 0.0221 e. The number of likely N-dealkylation sites (N-methyl/N-ethyl adjacent to an activating group) is 1. The van der Waals surface area contributed by atoms with Crippen molar-refractivity contribution in [1.82, 2.24) is 10.2 Å². The van der Waals surface area contributed by atoms with E-state index >= 15 is 0 Å². The molecule has 0 spiro atoms. The van der Waals surface area contributed by atoms with Crippen molar-refractivity contribution in [3.63, 3.8) is 0 Å². The van der Waals surface area contributed by atoms with E-state index < -0.39 is 0 Å². The van der Waals surface area contributed by atoms with Gasteiger partial charge in [-0.1, -0.05) is 19.8 Å². The van der Waals surface area contributed by atoms with Crippen LogP contribution in [0.2, 0.25) is 0 Å². The highest BCUT2D eigenvalue weighted by Gasteiger charge is 2.38. The van der Waals surface area contributed by atoms with Gasteiger partial charge < -0.3 is 5.32 Å². The third kappa shape index (κ3) is 2.43. The van der Waals surface area contributed by atoms with Crippen LogP contribution in [0.1, 0.15) is 52.9 Å². The highest BCUT2D eigenvalue weighted by molar-refractivity contribution is 4.94. The standard InChI is InChI=1S/C14H28N2/c1-4-15-11(2)12(3)16-10-9-13-7-5-6-8-14(13)16/h11-15H,4-10H2,1-3H3. The molecule has 1 saturated carbocycles. The molecule has 0 radical (unpaired) electrons. The molecular formula is C14H28N2. The van der Waals surface area contributed by atoms with Crippen molar-refractivity contribution in [2.24, 2.45) is 5.92 Å². The molecule has 1 N–H and O–H groups in total. The molecule has 16 heavy (non-hydrogen) atoms. The van der Waals surface area contributed by atoms with Crippen LogP contribution in [0.3, 0.4) is 0 Å². The molecule has 1 aliphatic heterocycles. The van der Waals surface area contributed by atoms with Crippen molar-refractivity contribution in [3.05, 3.63) is 0 Å². The van der Waals surface area contributed by atoms with E-state index in [9.17, 15) is 0 Å². The highest BCUT2D eigenvalue weighted by atomic mass is 15.2. The molecule has 0 bridgehead atoms. The molecule has 4 unspecified atom stereocenters. The molecular weight excluding hydrogens is 196 g/mol. The van der Waals surface area contributed by atoms with Gasteiger partial charge in [-0.2, -0.15) is 0 Å². The van der Waals surface area contributed by atoms with Gasteiger partial charge in [0.25, 0.3) is 0 Å². The Morgan fingerprint density at radius 2 is 1.94 bits per heavy atom. The Balaban J connectivity index is 1.93. The summed E-state index contributed by atoms with van der Waals surface area (Å²) in [5.74, 6) is 1.02. The summed E-state index contributed by atoms with van der Waals surface area (Å²) in [4.78, 5) is 2.79. The largest absolute Gasteiger partial charge is 0.313 e. The monoisotopic (exact) mass is 224 g/mol. The van der Waals surface area contributed by atoms with Gasteiger partial charge in [0.1, 0.15) is 0 Å². The topological polar surface area (TPSA) is 15.3 Å². The van der Waals surface area contributed by atoms with Gasteiger partial charge in [-0.3, -0.25) is 4.90 Å². The molecule has 1 heterocycles. The summed E-state index contributed by atoms with van der Waals surface area (Å²) >= 11 is 0. The third-order valence-corrected chi connectivity index (χ3v) is 4.83. The van der Waals surface area contributed by atoms with Crippen LogP contribution in [0, 0.1) is 5.92 Å². The Morgan fingerprint density at radius 3 is 2.69 bits per heavy atom. The summed E-state index contributed by atoms with van der Waals surface area (Å²) < 4.78 is 0. The summed E-state index contributed by atoms with van der Waals surface area (Å²) in [7, 11) is 0. The fraction of sp³-hybridized carbons (Fsp3) is 1.00. The lowest BCUT2D eigenvalue weighted by Crippen LogP contribution is -2.50. The maximum absolute atomic E-state index is 3.58. The molecule has 94 valence electrons. The molecule has 0 aromatic rings. The van der Waals surface area contributed by atoms with Gasteiger partial charge in [-0.15, -0.1) is 0 Å². The van der Waals surface area contributed by atoms with Gasteiger partial charge in [0.2, 0.25) is 0 Å². The Labute approximate surface area is 101 Å². The Bertz CT molecular complexity index is 217. The van der Waals surface area contributed by atoms with E-state index in [1.165, 1.54) is 38.6 Å². The Morgan fingerprint density at radius 1 is 1.19 bits per heavy atom. The molecule has 0 aromatic heterocycles. The van der Waals surface area contributed by atoms with Gasteiger partial charge in [-0.25, -0.2) is 0 Å². The van der Waals surface area contributed by atoms with E-state index in [2.05, 4.69) is 31.0 Å². The average Bonchev–Trinajstić information content (AvgIpc) is 2.72. The summed E-state index contributed by atoms with van der Waals surface area (Å²) in [5, 5.41) is 3.58. The van der Waals surface area contributed by atoms with E-state index in [0.717, 1.165) is 18.5 Å². The summed E-state index contributed by atoms with van der Waals surface area (Å²) in [6, 6.07) is 2.24. The number of nitrogens with zero attached hydrogens (tertiary/aromatic N) is 1. The quantitative estimate of drug-likeness (QED) is 0.790. The zero-order chi connectivity index (χ0) is 11.5. The highest BCUT2D eigenvalue weighted by Crippen LogP contribution is 2.37. The molecule has 1 saturated heterocycles.